The predicted octanol–water partition coefficient (Wildman–Crippen LogP) is 14.7. The summed E-state index contributed by atoms with van der Waals surface area (Å²) in [6, 6.07) is 62.4. The van der Waals surface area contributed by atoms with Crippen LogP contribution < -0.4 is 4.90 Å². The lowest BCUT2D eigenvalue weighted by Gasteiger charge is -2.26. The van der Waals surface area contributed by atoms with Gasteiger partial charge in [0.15, 0.2) is 5.58 Å². The second-order valence-corrected chi connectivity index (χ2v) is 14.3. The van der Waals surface area contributed by atoms with Crippen LogP contribution in [0.4, 0.5) is 17.1 Å². The molecule has 4 heteroatoms. The van der Waals surface area contributed by atoms with E-state index in [1.54, 1.807) is 0 Å². The van der Waals surface area contributed by atoms with Gasteiger partial charge in [-0.1, -0.05) is 127 Å². The first-order chi connectivity index (χ1) is 25.8. The molecule has 0 radical (unpaired) electrons. The van der Waals surface area contributed by atoms with Crippen molar-refractivity contribution in [2.45, 2.75) is 0 Å². The third-order valence-corrected chi connectivity index (χ3v) is 11.5. The van der Waals surface area contributed by atoms with Gasteiger partial charge in [-0.05, 0) is 65.2 Å². The quantitative estimate of drug-likeness (QED) is 0.181. The Morgan fingerprint density at radius 3 is 1.94 bits per heavy atom. The molecule has 0 spiro atoms. The average Bonchev–Trinajstić information content (AvgIpc) is 3.90. The Bertz CT molecular complexity index is 3150. The minimum absolute atomic E-state index is 0.855. The van der Waals surface area contributed by atoms with Gasteiger partial charge in [-0.2, -0.15) is 0 Å². The highest BCUT2D eigenvalue weighted by Gasteiger charge is 2.23. The monoisotopic (exact) mass is 683 g/mol. The molecule has 11 aromatic rings. The third kappa shape index (κ3) is 4.45. The molecule has 0 N–H and O–H groups in total. The van der Waals surface area contributed by atoms with Crippen LogP contribution >= 0.6 is 11.3 Å². The fraction of sp³-hybridized carbons (Fsp3) is 0. The van der Waals surface area contributed by atoms with E-state index in [0.29, 0.717) is 0 Å². The molecule has 244 valence electrons. The van der Waals surface area contributed by atoms with Crippen molar-refractivity contribution in [1.29, 1.82) is 0 Å². The zero-order valence-electron chi connectivity index (χ0n) is 27.9. The number of benzene rings is 8. The fourth-order valence-electron chi connectivity index (χ4n) is 7.87. The summed E-state index contributed by atoms with van der Waals surface area (Å²) in [6.45, 7) is 0. The van der Waals surface area contributed by atoms with Gasteiger partial charge >= 0.3 is 0 Å². The molecule has 0 unspecified atom stereocenters. The molecule has 11 rings (SSSR count). The molecule has 0 aliphatic heterocycles. The Kier molecular flexibility index (Phi) is 6.42. The van der Waals surface area contributed by atoms with E-state index < -0.39 is 0 Å². The second-order valence-electron chi connectivity index (χ2n) is 13.3. The molecular formula is C48H29NO2S. The highest BCUT2D eigenvalue weighted by molar-refractivity contribution is 7.26. The molecule has 0 bridgehead atoms. The topological polar surface area (TPSA) is 29.5 Å². The van der Waals surface area contributed by atoms with E-state index in [-0.39, 0.29) is 0 Å². The van der Waals surface area contributed by atoms with E-state index in [9.17, 15) is 0 Å². The number of hydrogen-bond acceptors (Lipinski definition) is 4. The number of nitrogens with zero attached hydrogens (tertiary/aromatic N) is 1. The van der Waals surface area contributed by atoms with Crippen LogP contribution in [0.3, 0.4) is 0 Å². The van der Waals surface area contributed by atoms with Gasteiger partial charge in [-0.25, -0.2) is 0 Å². The Morgan fingerprint density at radius 2 is 1.04 bits per heavy atom. The summed E-state index contributed by atoms with van der Waals surface area (Å²) >= 11 is 1.84. The first-order valence-corrected chi connectivity index (χ1v) is 18.3. The van der Waals surface area contributed by atoms with Gasteiger partial charge in [0.25, 0.3) is 0 Å². The molecule has 0 amide bonds. The minimum Gasteiger partial charge on any atom is -0.456 e. The molecule has 3 nitrogen and oxygen atoms in total. The van der Waals surface area contributed by atoms with Crippen molar-refractivity contribution < 1.29 is 8.83 Å². The highest BCUT2D eigenvalue weighted by atomic mass is 32.1. The van der Waals surface area contributed by atoms with Crippen LogP contribution in [0.5, 0.6) is 0 Å². The van der Waals surface area contributed by atoms with E-state index in [1.807, 2.05) is 23.5 Å². The molecule has 8 aromatic carbocycles. The van der Waals surface area contributed by atoms with Crippen LogP contribution in [0.2, 0.25) is 0 Å². The summed E-state index contributed by atoms with van der Waals surface area (Å²) in [5, 5.41) is 6.97. The van der Waals surface area contributed by atoms with Crippen LogP contribution in [0.25, 0.3) is 86.3 Å². The largest absolute Gasteiger partial charge is 0.456 e. The van der Waals surface area contributed by atoms with Crippen LogP contribution in [-0.4, -0.2) is 0 Å². The van der Waals surface area contributed by atoms with Gasteiger partial charge < -0.3 is 13.7 Å². The van der Waals surface area contributed by atoms with Crippen molar-refractivity contribution in [3.63, 3.8) is 0 Å². The van der Waals surface area contributed by atoms with Crippen molar-refractivity contribution in [3.8, 4) is 22.3 Å². The summed E-state index contributed by atoms with van der Waals surface area (Å²) in [5.74, 6) is 0. The molecule has 52 heavy (non-hydrogen) atoms. The van der Waals surface area contributed by atoms with Crippen molar-refractivity contribution in [1.82, 2.24) is 0 Å². The van der Waals surface area contributed by atoms with E-state index in [1.165, 1.54) is 20.2 Å². The number of rotatable bonds is 5. The lowest BCUT2D eigenvalue weighted by molar-refractivity contribution is 0.669. The standard InChI is InChI=1S/C48H29NO2S/c1-2-12-30(13-3-1)34-18-9-19-38-39-20-10-22-41(47(39)51-46(34)38)49(42-23-11-21-40-37-17-5-7-25-45(37)52-48(40)42)33-15-8-14-31(28-33)32-26-27-36-35-16-4-6-24-43(35)50-44(36)29-32/h1-29H. The maximum atomic E-state index is 7.01. The molecule has 3 heterocycles. The van der Waals surface area contributed by atoms with E-state index in [4.69, 9.17) is 8.83 Å². The fourth-order valence-corrected chi connectivity index (χ4v) is 9.08. The number of fused-ring (bicyclic) bond motifs is 9. The van der Waals surface area contributed by atoms with Gasteiger partial charge in [-0.15, -0.1) is 11.3 Å². The zero-order valence-corrected chi connectivity index (χ0v) is 28.7. The summed E-state index contributed by atoms with van der Waals surface area (Å²) in [4.78, 5) is 2.38. The van der Waals surface area contributed by atoms with Gasteiger partial charge in [-0.3, -0.25) is 0 Å². The second kappa shape index (κ2) is 11.5. The molecule has 0 aliphatic rings. The summed E-state index contributed by atoms with van der Waals surface area (Å²) in [7, 11) is 0. The maximum Gasteiger partial charge on any atom is 0.159 e. The van der Waals surface area contributed by atoms with Crippen molar-refractivity contribution >= 4 is 92.4 Å². The molecular weight excluding hydrogens is 655 g/mol. The molecule has 0 aliphatic carbocycles. The molecule has 3 aromatic heterocycles. The normalized spacial score (nSPS) is 11.8. The van der Waals surface area contributed by atoms with E-state index in [2.05, 4.69) is 169 Å². The first-order valence-electron chi connectivity index (χ1n) is 17.5. The summed E-state index contributed by atoms with van der Waals surface area (Å²) in [5.41, 5.74) is 11.1. The smallest absolute Gasteiger partial charge is 0.159 e. The summed E-state index contributed by atoms with van der Waals surface area (Å²) < 4.78 is 15.8. The Labute approximate surface area is 303 Å². The highest BCUT2D eigenvalue weighted by Crippen LogP contribution is 2.48. The predicted molar refractivity (Wildman–Crippen MR) is 219 cm³/mol. The number of furan rings is 2. The maximum absolute atomic E-state index is 7.01. The number of anilines is 3. The number of hydrogen-bond donors (Lipinski definition) is 0. The first kappa shape index (κ1) is 29.1. The van der Waals surface area contributed by atoms with Gasteiger partial charge in [0.1, 0.15) is 16.7 Å². The van der Waals surface area contributed by atoms with Gasteiger partial charge in [0, 0.05) is 48.3 Å². The molecule has 0 saturated heterocycles. The van der Waals surface area contributed by atoms with Crippen LogP contribution in [-0.2, 0) is 0 Å². The Hall–Kier alpha value is -6.62. The third-order valence-electron chi connectivity index (χ3n) is 10.3. The zero-order chi connectivity index (χ0) is 34.2. The lowest BCUT2D eigenvalue weighted by atomic mass is 10.0. The summed E-state index contributed by atoms with van der Waals surface area (Å²) in [6.07, 6.45) is 0. The van der Waals surface area contributed by atoms with Crippen molar-refractivity contribution in [3.05, 3.63) is 176 Å². The number of para-hydroxylation sites is 3. The van der Waals surface area contributed by atoms with E-state index >= 15 is 0 Å². The van der Waals surface area contributed by atoms with Crippen molar-refractivity contribution in [2.75, 3.05) is 4.90 Å². The molecule has 0 fully saturated rings. The van der Waals surface area contributed by atoms with Gasteiger partial charge in [0.2, 0.25) is 0 Å². The molecule has 0 saturated carbocycles. The van der Waals surface area contributed by atoms with Gasteiger partial charge in [0.05, 0.1) is 16.1 Å². The minimum atomic E-state index is 0.855. The van der Waals surface area contributed by atoms with Crippen LogP contribution in [0, 0.1) is 0 Å². The molecule has 0 atom stereocenters. The van der Waals surface area contributed by atoms with Crippen LogP contribution in [0.1, 0.15) is 0 Å². The Balaban J connectivity index is 1.16. The average molecular weight is 684 g/mol. The number of thiophene rings is 1. The van der Waals surface area contributed by atoms with E-state index in [0.717, 1.165) is 83.2 Å². The lowest BCUT2D eigenvalue weighted by Crippen LogP contribution is -2.10. The van der Waals surface area contributed by atoms with Crippen molar-refractivity contribution in [2.24, 2.45) is 0 Å². The van der Waals surface area contributed by atoms with Crippen LogP contribution in [0.15, 0.2) is 185 Å². The SMILES string of the molecule is c1ccc(-c2cccc3c2oc2c(N(c4cccc(-c5ccc6c(c5)oc5ccccc56)c4)c4cccc5c4sc4ccccc45)cccc23)cc1. The Morgan fingerprint density at radius 1 is 0.385 bits per heavy atom.